The molecule has 0 spiro atoms. The first-order valence-corrected chi connectivity index (χ1v) is 7.24. The van der Waals surface area contributed by atoms with E-state index in [1.807, 2.05) is 31.2 Å². The van der Waals surface area contributed by atoms with Crippen LogP contribution in [0.3, 0.4) is 0 Å². The Morgan fingerprint density at radius 2 is 2.23 bits per heavy atom. The smallest absolute Gasteiger partial charge is 0.244 e. The summed E-state index contributed by atoms with van der Waals surface area (Å²) in [5.74, 6) is -0.278. The van der Waals surface area contributed by atoms with E-state index in [0.29, 0.717) is 5.15 Å². The highest BCUT2D eigenvalue weighted by Crippen LogP contribution is 2.13. The average molecular weight is 317 g/mol. The molecule has 1 unspecified atom stereocenters. The predicted octanol–water partition coefficient (Wildman–Crippen LogP) is 2.91. The first-order valence-electron chi connectivity index (χ1n) is 6.86. The van der Waals surface area contributed by atoms with E-state index >= 15 is 0 Å². The number of carbonyl (C=O) groups excluding carboxylic acids is 1. The van der Waals surface area contributed by atoms with Crippen LogP contribution in [-0.2, 0) is 4.79 Å². The third kappa shape index (κ3) is 4.98. The number of aromatic nitrogens is 1. The third-order valence-electron chi connectivity index (χ3n) is 3.07. The molecule has 0 radical (unpaired) electrons. The summed E-state index contributed by atoms with van der Waals surface area (Å²) in [6.45, 7) is 2.11. The van der Waals surface area contributed by atoms with Crippen LogP contribution in [0, 0.1) is 6.92 Å². The van der Waals surface area contributed by atoms with Crippen LogP contribution in [0.2, 0.25) is 5.15 Å². The number of benzene rings is 1. The molecule has 2 aromatic rings. The van der Waals surface area contributed by atoms with E-state index in [4.69, 9.17) is 11.6 Å². The highest BCUT2D eigenvalue weighted by molar-refractivity contribution is 6.29. The van der Waals surface area contributed by atoms with Gasteiger partial charge in [-0.3, -0.25) is 4.79 Å². The van der Waals surface area contributed by atoms with Crippen LogP contribution in [0.4, 0.5) is 0 Å². The molecule has 2 N–H and O–H groups in total. The zero-order valence-electron chi connectivity index (χ0n) is 12.2. The number of amides is 1. The van der Waals surface area contributed by atoms with Crippen LogP contribution >= 0.6 is 11.6 Å². The molecule has 114 valence electrons. The summed E-state index contributed by atoms with van der Waals surface area (Å²) in [5.41, 5.74) is 2.64. The van der Waals surface area contributed by atoms with Crippen molar-refractivity contribution in [2.24, 2.45) is 0 Å². The lowest BCUT2D eigenvalue weighted by Gasteiger charge is -2.11. The largest absolute Gasteiger partial charge is 0.387 e. The fraction of sp³-hybridized carbons (Fsp3) is 0.176. The fourth-order valence-electron chi connectivity index (χ4n) is 1.94. The van der Waals surface area contributed by atoms with Crippen LogP contribution < -0.4 is 5.32 Å². The minimum absolute atomic E-state index is 0.156. The number of halogens is 1. The molecule has 1 heterocycles. The first kappa shape index (κ1) is 16.2. The highest BCUT2D eigenvalue weighted by atomic mass is 35.5. The van der Waals surface area contributed by atoms with Gasteiger partial charge in [-0.05, 0) is 36.3 Å². The summed E-state index contributed by atoms with van der Waals surface area (Å²) in [7, 11) is 0. The van der Waals surface area contributed by atoms with Crippen molar-refractivity contribution in [1.82, 2.24) is 10.3 Å². The maximum absolute atomic E-state index is 11.7. The maximum atomic E-state index is 11.7. The van der Waals surface area contributed by atoms with Crippen molar-refractivity contribution in [3.05, 3.63) is 70.5 Å². The lowest BCUT2D eigenvalue weighted by Crippen LogP contribution is -2.26. The number of nitrogens with zero attached hydrogens (tertiary/aromatic N) is 1. The Morgan fingerprint density at radius 3 is 2.95 bits per heavy atom. The van der Waals surface area contributed by atoms with Crippen molar-refractivity contribution in [3.63, 3.8) is 0 Å². The third-order valence-corrected chi connectivity index (χ3v) is 3.28. The number of carbonyl (C=O) groups is 1. The summed E-state index contributed by atoms with van der Waals surface area (Å²) >= 11 is 5.76. The number of aliphatic hydroxyl groups excluding tert-OH is 1. The van der Waals surface area contributed by atoms with Crippen LogP contribution in [0.1, 0.15) is 22.8 Å². The molecule has 1 aromatic heterocycles. The molecule has 0 aliphatic carbocycles. The van der Waals surface area contributed by atoms with Crippen LogP contribution in [0.25, 0.3) is 6.08 Å². The summed E-state index contributed by atoms with van der Waals surface area (Å²) in [6, 6.07) is 11.0. The van der Waals surface area contributed by atoms with Crippen molar-refractivity contribution in [3.8, 4) is 0 Å². The number of aryl methyl sites for hydroxylation is 1. The molecule has 1 atom stereocenters. The van der Waals surface area contributed by atoms with Gasteiger partial charge in [0, 0.05) is 18.8 Å². The zero-order valence-corrected chi connectivity index (χ0v) is 12.9. The molecular weight excluding hydrogens is 300 g/mol. The van der Waals surface area contributed by atoms with E-state index < -0.39 is 6.10 Å². The Labute approximate surface area is 134 Å². The second kappa shape index (κ2) is 7.73. The molecule has 22 heavy (non-hydrogen) atoms. The molecule has 0 saturated carbocycles. The van der Waals surface area contributed by atoms with Gasteiger partial charge in [0.25, 0.3) is 0 Å². The van der Waals surface area contributed by atoms with Gasteiger partial charge in [-0.25, -0.2) is 4.98 Å². The SMILES string of the molecule is Cc1cccc(C(O)CNC(=O)/C=C/c2ccnc(Cl)c2)c1. The topological polar surface area (TPSA) is 62.2 Å². The first-order chi connectivity index (χ1) is 10.5. The Morgan fingerprint density at radius 1 is 1.41 bits per heavy atom. The quantitative estimate of drug-likeness (QED) is 0.658. The lowest BCUT2D eigenvalue weighted by atomic mass is 10.1. The molecule has 0 saturated heterocycles. The number of hydrogen-bond acceptors (Lipinski definition) is 3. The van der Waals surface area contributed by atoms with Gasteiger partial charge >= 0.3 is 0 Å². The van der Waals surface area contributed by atoms with Gasteiger partial charge in [-0.15, -0.1) is 0 Å². The van der Waals surface area contributed by atoms with E-state index in [0.717, 1.165) is 16.7 Å². The van der Waals surface area contributed by atoms with E-state index in [2.05, 4.69) is 10.3 Å². The summed E-state index contributed by atoms with van der Waals surface area (Å²) < 4.78 is 0. The van der Waals surface area contributed by atoms with Crippen molar-refractivity contribution in [2.75, 3.05) is 6.54 Å². The number of pyridine rings is 1. The Bertz CT molecular complexity index is 686. The van der Waals surface area contributed by atoms with Crippen molar-refractivity contribution >= 4 is 23.6 Å². The molecular formula is C17H17ClN2O2. The van der Waals surface area contributed by atoms with Gasteiger partial charge in [0.15, 0.2) is 0 Å². The molecule has 1 aromatic carbocycles. The van der Waals surface area contributed by atoms with Gasteiger partial charge in [0.05, 0.1) is 6.10 Å². The van der Waals surface area contributed by atoms with Gasteiger partial charge < -0.3 is 10.4 Å². The standard InChI is InChI=1S/C17H17ClN2O2/c1-12-3-2-4-14(9-12)15(21)11-20-17(22)6-5-13-7-8-19-16(18)10-13/h2-10,15,21H,11H2,1H3,(H,20,22)/b6-5+. The molecule has 0 aliphatic heterocycles. The second-order valence-corrected chi connectivity index (χ2v) is 5.31. The van der Waals surface area contributed by atoms with Crippen LogP contribution in [0.15, 0.2) is 48.7 Å². The fourth-order valence-corrected chi connectivity index (χ4v) is 2.13. The molecule has 5 heteroatoms. The Hall–Kier alpha value is -2.17. The highest BCUT2D eigenvalue weighted by Gasteiger charge is 2.08. The Kier molecular flexibility index (Phi) is 5.69. The molecule has 0 aliphatic rings. The average Bonchev–Trinajstić information content (AvgIpc) is 2.50. The van der Waals surface area contributed by atoms with E-state index in [9.17, 15) is 9.90 Å². The van der Waals surface area contributed by atoms with E-state index in [1.165, 1.54) is 6.08 Å². The summed E-state index contributed by atoms with van der Waals surface area (Å²) in [4.78, 5) is 15.6. The van der Waals surface area contributed by atoms with Crippen LogP contribution in [-0.4, -0.2) is 22.5 Å². The molecule has 0 fully saturated rings. The number of nitrogens with one attached hydrogen (secondary N) is 1. The van der Waals surface area contributed by atoms with Crippen molar-refractivity contribution < 1.29 is 9.90 Å². The van der Waals surface area contributed by atoms with Crippen molar-refractivity contribution in [1.29, 1.82) is 0 Å². The lowest BCUT2D eigenvalue weighted by molar-refractivity contribution is -0.116. The zero-order chi connectivity index (χ0) is 15.9. The number of rotatable bonds is 5. The minimum atomic E-state index is -0.729. The van der Waals surface area contributed by atoms with E-state index in [-0.39, 0.29) is 12.5 Å². The molecule has 2 rings (SSSR count). The molecule has 1 amide bonds. The van der Waals surface area contributed by atoms with Gasteiger partial charge in [0.1, 0.15) is 5.15 Å². The molecule has 0 bridgehead atoms. The maximum Gasteiger partial charge on any atom is 0.244 e. The number of aliphatic hydroxyl groups is 1. The van der Waals surface area contributed by atoms with Gasteiger partial charge in [-0.2, -0.15) is 0 Å². The molecule has 4 nitrogen and oxygen atoms in total. The summed E-state index contributed by atoms with van der Waals surface area (Å²) in [5, 5.41) is 13.1. The monoisotopic (exact) mass is 316 g/mol. The predicted molar refractivity (Wildman–Crippen MR) is 87.4 cm³/mol. The van der Waals surface area contributed by atoms with Crippen molar-refractivity contribution in [2.45, 2.75) is 13.0 Å². The normalized spacial score (nSPS) is 12.3. The van der Waals surface area contributed by atoms with Gasteiger partial charge in [0.2, 0.25) is 5.91 Å². The second-order valence-electron chi connectivity index (χ2n) is 4.92. The van der Waals surface area contributed by atoms with E-state index in [1.54, 1.807) is 24.4 Å². The summed E-state index contributed by atoms with van der Waals surface area (Å²) in [6.07, 6.45) is 3.88. The Balaban J connectivity index is 1.87. The van der Waals surface area contributed by atoms with Gasteiger partial charge in [-0.1, -0.05) is 41.4 Å². The number of hydrogen-bond donors (Lipinski definition) is 2. The minimum Gasteiger partial charge on any atom is -0.387 e. The van der Waals surface area contributed by atoms with Crippen LogP contribution in [0.5, 0.6) is 0 Å².